The molecule has 1 fully saturated rings. The van der Waals surface area contributed by atoms with E-state index in [1.54, 1.807) is 19.1 Å². The second-order valence-electron chi connectivity index (χ2n) is 5.85. The summed E-state index contributed by atoms with van der Waals surface area (Å²) in [6.07, 6.45) is 4.17. The van der Waals surface area contributed by atoms with Crippen LogP contribution in [0.15, 0.2) is 23.1 Å². The molecule has 2 rings (SSSR count). The number of carbonyl (C=O) groups is 1. The number of nitrogens with one attached hydrogen (secondary N) is 1. The maximum atomic E-state index is 12.2. The summed E-state index contributed by atoms with van der Waals surface area (Å²) in [7, 11) is 1.55. The Morgan fingerprint density at radius 2 is 1.86 bits per heavy atom. The summed E-state index contributed by atoms with van der Waals surface area (Å²) in [5.41, 5.74) is 0.867. The Hall–Kier alpha value is -1.07. The van der Waals surface area contributed by atoms with Crippen molar-refractivity contribution in [3.05, 3.63) is 29.3 Å². The van der Waals surface area contributed by atoms with Gasteiger partial charge in [-0.15, -0.1) is 0 Å². The van der Waals surface area contributed by atoms with Crippen LogP contribution in [-0.4, -0.2) is 20.4 Å². The topological polar surface area (TPSA) is 63.2 Å². The van der Waals surface area contributed by atoms with Crippen molar-refractivity contribution >= 4 is 25.6 Å². The molecule has 0 aromatic heterocycles. The molecule has 1 aromatic carbocycles. The molecule has 0 heterocycles. The summed E-state index contributed by atoms with van der Waals surface area (Å²) in [6.45, 7) is 3.87. The summed E-state index contributed by atoms with van der Waals surface area (Å²) >= 11 is 0. The van der Waals surface area contributed by atoms with Crippen LogP contribution in [0, 0.1) is 12.8 Å². The summed E-state index contributed by atoms with van der Waals surface area (Å²) < 4.78 is 23.0. The van der Waals surface area contributed by atoms with Crippen LogP contribution >= 0.6 is 10.7 Å². The van der Waals surface area contributed by atoms with Crippen LogP contribution in [0.2, 0.25) is 0 Å². The molecule has 1 amide bonds. The first kappa shape index (κ1) is 16.3. The van der Waals surface area contributed by atoms with Crippen molar-refractivity contribution in [2.75, 3.05) is 0 Å². The Bertz CT molecular complexity index is 634. The van der Waals surface area contributed by atoms with Gasteiger partial charge in [0, 0.05) is 22.3 Å². The van der Waals surface area contributed by atoms with Gasteiger partial charge in [-0.1, -0.05) is 13.0 Å². The van der Waals surface area contributed by atoms with Gasteiger partial charge in [0.2, 0.25) is 0 Å². The van der Waals surface area contributed by atoms with Crippen LogP contribution < -0.4 is 5.32 Å². The van der Waals surface area contributed by atoms with E-state index < -0.39 is 9.05 Å². The maximum absolute atomic E-state index is 12.2. The number of aryl methyl sites for hydroxylation is 1. The van der Waals surface area contributed by atoms with E-state index in [1.165, 1.54) is 6.07 Å². The molecule has 0 atom stereocenters. The molecule has 21 heavy (non-hydrogen) atoms. The molecule has 6 heteroatoms. The van der Waals surface area contributed by atoms with Gasteiger partial charge in [0.1, 0.15) is 0 Å². The standard InChI is InChI=1S/C15H20ClNO3S/c1-10-3-7-13(8-4-10)17-15(18)12-6-5-11(2)14(9-12)21(16,19)20/h5-6,9-10,13H,3-4,7-8H2,1-2H3,(H,17,18). The predicted molar refractivity (Wildman–Crippen MR) is 83.1 cm³/mol. The molecular weight excluding hydrogens is 310 g/mol. The number of hydrogen-bond donors (Lipinski definition) is 1. The van der Waals surface area contributed by atoms with E-state index in [1.807, 2.05) is 0 Å². The second kappa shape index (κ2) is 6.36. The van der Waals surface area contributed by atoms with Crippen LogP contribution in [0.5, 0.6) is 0 Å². The molecule has 1 saturated carbocycles. The number of carbonyl (C=O) groups excluding carboxylic acids is 1. The van der Waals surface area contributed by atoms with Gasteiger partial charge in [-0.2, -0.15) is 0 Å². The fraction of sp³-hybridized carbons (Fsp3) is 0.533. The third-order valence-electron chi connectivity index (χ3n) is 4.06. The average molecular weight is 330 g/mol. The quantitative estimate of drug-likeness (QED) is 0.866. The van der Waals surface area contributed by atoms with Gasteiger partial charge in [-0.05, 0) is 56.2 Å². The third kappa shape index (κ3) is 4.20. The lowest BCUT2D eigenvalue weighted by atomic mass is 9.87. The molecule has 1 aliphatic carbocycles. The van der Waals surface area contributed by atoms with Gasteiger partial charge in [0.25, 0.3) is 15.0 Å². The van der Waals surface area contributed by atoms with Gasteiger partial charge >= 0.3 is 0 Å². The highest BCUT2D eigenvalue weighted by atomic mass is 35.7. The minimum absolute atomic E-state index is 0.00548. The first-order valence-electron chi connectivity index (χ1n) is 7.13. The van der Waals surface area contributed by atoms with Gasteiger partial charge in [0.15, 0.2) is 0 Å². The molecule has 0 bridgehead atoms. The van der Waals surface area contributed by atoms with Crippen LogP contribution in [0.1, 0.15) is 48.5 Å². The zero-order chi connectivity index (χ0) is 15.6. The van der Waals surface area contributed by atoms with Crippen LogP contribution in [0.25, 0.3) is 0 Å². The molecular formula is C15H20ClNO3S. The van der Waals surface area contributed by atoms with Crippen molar-refractivity contribution in [2.24, 2.45) is 5.92 Å². The van der Waals surface area contributed by atoms with E-state index in [-0.39, 0.29) is 16.8 Å². The third-order valence-corrected chi connectivity index (χ3v) is 5.53. The second-order valence-corrected chi connectivity index (χ2v) is 8.38. The SMILES string of the molecule is Cc1ccc(C(=O)NC2CCC(C)CC2)cc1S(=O)(=O)Cl. The van der Waals surface area contributed by atoms with Crippen molar-refractivity contribution in [3.63, 3.8) is 0 Å². The normalized spacial score (nSPS) is 22.8. The highest BCUT2D eigenvalue weighted by Crippen LogP contribution is 2.24. The molecule has 4 nitrogen and oxygen atoms in total. The lowest BCUT2D eigenvalue weighted by Crippen LogP contribution is -2.37. The van der Waals surface area contributed by atoms with E-state index in [2.05, 4.69) is 12.2 Å². The summed E-state index contributed by atoms with van der Waals surface area (Å²) in [6, 6.07) is 4.75. The fourth-order valence-electron chi connectivity index (χ4n) is 2.68. The Morgan fingerprint density at radius 3 is 2.43 bits per heavy atom. The van der Waals surface area contributed by atoms with Gasteiger partial charge < -0.3 is 5.32 Å². The molecule has 0 unspecified atom stereocenters. The molecule has 0 saturated heterocycles. The van der Waals surface area contributed by atoms with E-state index in [0.29, 0.717) is 17.0 Å². The van der Waals surface area contributed by atoms with Gasteiger partial charge in [0.05, 0.1) is 4.90 Å². The summed E-state index contributed by atoms with van der Waals surface area (Å²) in [5, 5.41) is 2.98. The predicted octanol–water partition coefficient (Wildman–Crippen LogP) is 3.23. The lowest BCUT2D eigenvalue weighted by Gasteiger charge is -2.27. The van der Waals surface area contributed by atoms with Crippen molar-refractivity contribution in [3.8, 4) is 0 Å². The summed E-state index contributed by atoms with van der Waals surface area (Å²) in [5.74, 6) is 0.474. The molecule has 0 spiro atoms. The van der Waals surface area contributed by atoms with Crippen LogP contribution in [-0.2, 0) is 9.05 Å². The van der Waals surface area contributed by atoms with Crippen molar-refractivity contribution < 1.29 is 13.2 Å². The Labute approximate surface area is 130 Å². The number of hydrogen-bond acceptors (Lipinski definition) is 3. The minimum atomic E-state index is -3.84. The van der Waals surface area contributed by atoms with E-state index in [9.17, 15) is 13.2 Å². The van der Waals surface area contributed by atoms with E-state index in [0.717, 1.165) is 25.7 Å². The smallest absolute Gasteiger partial charge is 0.261 e. The molecule has 1 aliphatic rings. The maximum Gasteiger partial charge on any atom is 0.261 e. The number of halogens is 1. The van der Waals surface area contributed by atoms with Crippen LogP contribution in [0.3, 0.4) is 0 Å². The lowest BCUT2D eigenvalue weighted by molar-refractivity contribution is 0.0923. The van der Waals surface area contributed by atoms with Crippen molar-refractivity contribution in [1.82, 2.24) is 5.32 Å². The van der Waals surface area contributed by atoms with Crippen molar-refractivity contribution in [1.29, 1.82) is 0 Å². The van der Waals surface area contributed by atoms with E-state index in [4.69, 9.17) is 10.7 Å². The van der Waals surface area contributed by atoms with Gasteiger partial charge in [-0.3, -0.25) is 4.79 Å². The zero-order valence-corrected chi connectivity index (χ0v) is 13.8. The largest absolute Gasteiger partial charge is 0.349 e. The fourth-order valence-corrected chi connectivity index (χ4v) is 3.90. The highest BCUT2D eigenvalue weighted by molar-refractivity contribution is 8.13. The monoisotopic (exact) mass is 329 g/mol. The molecule has 1 aromatic rings. The molecule has 1 N–H and O–H groups in total. The Balaban J connectivity index is 2.13. The number of amides is 1. The first-order valence-corrected chi connectivity index (χ1v) is 9.44. The van der Waals surface area contributed by atoms with E-state index >= 15 is 0 Å². The zero-order valence-electron chi connectivity index (χ0n) is 12.2. The van der Waals surface area contributed by atoms with Gasteiger partial charge in [-0.25, -0.2) is 8.42 Å². The number of benzene rings is 1. The highest BCUT2D eigenvalue weighted by Gasteiger charge is 2.21. The molecule has 116 valence electrons. The van der Waals surface area contributed by atoms with Crippen molar-refractivity contribution in [2.45, 2.75) is 50.5 Å². The molecule has 0 radical (unpaired) electrons. The number of rotatable bonds is 3. The Kier molecular flexibility index (Phi) is 4.94. The average Bonchev–Trinajstić information content (AvgIpc) is 2.40. The minimum Gasteiger partial charge on any atom is -0.349 e. The van der Waals surface area contributed by atoms with Crippen LogP contribution in [0.4, 0.5) is 0 Å². The molecule has 0 aliphatic heterocycles. The summed E-state index contributed by atoms with van der Waals surface area (Å²) in [4.78, 5) is 12.2. The first-order chi connectivity index (χ1) is 9.77. The Morgan fingerprint density at radius 1 is 1.24 bits per heavy atom.